The Morgan fingerprint density at radius 3 is 1.82 bits per heavy atom. The number of benzene rings is 3. The Morgan fingerprint density at radius 1 is 0.773 bits per heavy atom. The molecule has 0 saturated carbocycles. The third-order valence-corrected chi connectivity index (χ3v) is 5.59. The molecule has 3 aromatic rings. The van der Waals surface area contributed by atoms with Crippen LogP contribution >= 0.6 is 0 Å². The first-order valence-corrected chi connectivity index (χ1v) is 8.23. The van der Waals surface area contributed by atoms with E-state index < -0.39 is 0 Å². The van der Waals surface area contributed by atoms with E-state index in [1.807, 2.05) is 42.5 Å². The maximum Gasteiger partial charge on any atom is 0.208 e. The molecule has 2 nitrogen and oxygen atoms in total. The Hall–Kier alpha value is -2.39. The van der Waals surface area contributed by atoms with Gasteiger partial charge in [-0.05, 0) is 30.3 Å². The monoisotopic (exact) mass is 309 g/mol. The second-order valence-electron chi connectivity index (χ2n) is 4.77. The summed E-state index contributed by atoms with van der Waals surface area (Å²) < 4.78 is 5.50. The second-order valence-corrected chi connectivity index (χ2v) is 6.76. The van der Waals surface area contributed by atoms with Gasteiger partial charge in [0.05, 0.1) is 7.11 Å². The molecule has 0 aliphatic carbocycles. The number of phenols is 1. The summed E-state index contributed by atoms with van der Waals surface area (Å²) in [6, 6.07) is 26.1. The van der Waals surface area contributed by atoms with Gasteiger partial charge in [0.25, 0.3) is 0 Å². The fourth-order valence-corrected chi connectivity index (χ4v) is 4.51. The predicted molar refractivity (Wildman–Crippen MR) is 89.7 cm³/mol. The first kappa shape index (κ1) is 14.5. The number of hydrogen-bond acceptors (Lipinski definition) is 2. The molecule has 0 aliphatic heterocycles. The van der Waals surface area contributed by atoms with Crippen LogP contribution < -0.4 is 4.74 Å². The molecule has 0 aliphatic rings. The minimum Gasteiger partial charge on any atom is -0.508 e. The van der Waals surface area contributed by atoms with Crippen molar-refractivity contribution in [1.29, 1.82) is 0 Å². The smallest absolute Gasteiger partial charge is 0.208 e. The third-order valence-electron chi connectivity index (χ3n) is 3.32. The zero-order valence-electron chi connectivity index (χ0n) is 12.3. The van der Waals surface area contributed by atoms with Gasteiger partial charge < -0.3 is 9.84 Å². The molecular formula is C19H17O2S+. The Balaban J connectivity index is 2.19. The molecule has 3 aromatic carbocycles. The molecule has 0 radical (unpaired) electrons. The van der Waals surface area contributed by atoms with E-state index in [2.05, 4.69) is 24.3 Å². The summed E-state index contributed by atoms with van der Waals surface area (Å²) in [6.07, 6.45) is 0. The zero-order valence-corrected chi connectivity index (χ0v) is 13.1. The molecule has 0 saturated heterocycles. The van der Waals surface area contributed by atoms with Gasteiger partial charge in [0.15, 0.2) is 15.5 Å². The van der Waals surface area contributed by atoms with Crippen molar-refractivity contribution in [2.75, 3.05) is 7.11 Å². The molecule has 0 bridgehead atoms. The van der Waals surface area contributed by atoms with Gasteiger partial charge in [-0.15, -0.1) is 0 Å². The Kier molecular flexibility index (Phi) is 4.35. The van der Waals surface area contributed by atoms with Crippen LogP contribution in [0.3, 0.4) is 0 Å². The van der Waals surface area contributed by atoms with E-state index in [0.29, 0.717) is 5.75 Å². The van der Waals surface area contributed by atoms with Crippen LogP contribution in [0.2, 0.25) is 0 Å². The Bertz CT molecular complexity index is 702. The molecule has 110 valence electrons. The Morgan fingerprint density at radius 2 is 1.32 bits per heavy atom. The largest absolute Gasteiger partial charge is 0.508 e. The van der Waals surface area contributed by atoms with Crippen molar-refractivity contribution in [3.8, 4) is 11.5 Å². The van der Waals surface area contributed by atoms with Crippen LogP contribution in [0.4, 0.5) is 0 Å². The van der Waals surface area contributed by atoms with Crippen molar-refractivity contribution < 1.29 is 9.84 Å². The van der Waals surface area contributed by atoms with Crippen molar-refractivity contribution in [3.63, 3.8) is 0 Å². The minimum absolute atomic E-state index is 0.213. The molecule has 3 heteroatoms. The molecule has 0 amide bonds. The van der Waals surface area contributed by atoms with Crippen molar-refractivity contribution in [2.45, 2.75) is 14.7 Å². The van der Waals surface area contributed by atoms with E-state index in [1.165, 1.54) is 9.79 Å². The normalized spacial score (nSPS) is 10.6. The van der Waals surface area contributed by atoms with E-state index in [-0.39, 0.29) is 16.6 Å². The molecule has 0 spiro atoms. The molecule has 1 N–H and O–H groups in total. The Labute approximate surface area is 133 Å². The highest BCUT2D eigenvalue weighted by Gasteiger charge is 2.31. The van der Waals surface area contributed by atoms with Crippen molar-refractivity contribution in [3.05, 3.63) is 78.9 Å². The highest BCUT2D eigenvalue weighted by molar-refractivity contribution is 7.97. The molecule has 0 heterocycles. The van der Waals surface area contributed by atoms with Crippen LogP contribution in [-0.2, 0) is 10.9 Å². The molecular weight excluding hydrogens is 292 g/mol. The lowest BCUT2D eigenvalue weighted by atomic mass is 10.3. The summed E-state index contributed by atoms with van der Waals surface area (Å²) in [5, 5.41) is 9.71. The zero-order chi connectivity index (χ0) is 15.4. The molecule has 3 rings (SSSR count). The van der Waals surface area contributed by atoms with Crippen LogP contribution in [0.15, 0.2) is 93.5 Å². The minimum atomic E-state index is -0.270. The van der Waals surface area contributed by atoms with Crippen LogP contribution in [-0.4, -0.2) is 12.2 Å². The van der Waals surface area contributed by atoms with E-state index >= 15 is 0 Å². The summed E-state index contributed by atoms with van der Waals surface area (Å²) in [5.41, 5.74) is 0. The SMILES string of the molecule is COc1cc(O)ccc1[S+](c1ccccc1)c1ccccc1. The summed E-state index contributed by atoms with van der Waals surface area (Å²) >= 11 is 0. The lowest BCUT2D eigenvalue weighted by Gasteiger charge is -2.11. The van der Waals surface area contributed by atoms with Crippen LogP contribution in [0.1, 0.15) is 0 Å². The first-order valence-electron chi connectivity index (χ1n) is 7.01. The molecule has 0 unspecified atom stereocenters. The van der Waals surface area contributed by atoms with Gasteiger partial charge in [0.1, 0.15) is 16.6 Å². The van der Waals surface area contributed by atoms with E-state index in [0.717, 1.165) is 4.90 Å². The van der Waals surface area contributed by atoms with Gasteiger partial charge >= 0.3 is 0 Å². The number of aromatic hydroxyl groups is 1. The van der Waals surface area contributed by atoms with Crippen LogP contribution in [0.5, 0.6) is 11.5 Å². The number of hydrogen-bond donors (Lipinski definition) is 1. The van der Waals surface area contributed by atoms with Crippen LogP contribution in [0, 0.1) is 0 Å². The summed E-state index contributed by atoms with van der Waals surface area (Å²) in [5.74, 6) is 0.918. The molecule has 0 aromatic heterocycles. The van der Waals surface area contributed by atoms with Gasteiger partial charge in [-0.1, -0.05) is 36.4 Å². The number of ether oxygens (including phenoxy) is 1. The van der Waals surface area contributed by atoms with E-state index in [1.54, 1.807) is 19.2 Å². The van der Waals surface area contributed by atoms with Gasteiger partial charge in [-0.2, -0.15) is 0 Å². The van der Waals surface area contributed by atoms with Crippen molar-refractivity contribution in [2.24, 2.45) is 0 Å². The molecule has 0 fully saturated rings. The number of phenolic OH excluding ortho intramolecular Hbond substituents is 1. The summed E-state index contributed by atoms with van der Waals surface area (Å²) in [6.45, 7) is 0. The average Bonchev–Trinajstić information content (AvgIpc) is 2.58. The maximum absolute atomic E-state index is 9.71. The average molecular weight is 309 g/mol. The van der Waals surface area contributed by atoms with Gasteiger partial charge in [-0.3, -0.25) is 0 Å². The van der Waals surface area contributed by atoms with Gasteiger partial charge in [-0.25, -0.2) is 0 Å². The fraction of sp³-hybridized carbons (Fsp3) is 0.0526. The van der Waals surface area contributed by atoms with E-state index in [9.17, 15) is 5.11 Å². The van der Waals surface area contributed by atoms with Gasteiger partial charge in [0, 0.05) is 12.1 Å². The molecule has 22 heavy (non-hydrogen) atoms. The lowest BCUT2D eigenvalue weighted by molar-refractivity contribution is 0.397. The summed E-state index contributed by atoms with van der Waals surface area (Å²) in [7, 11) is 1.36. The van der Waals surface area contributed by atoms with Crippen molar-refractivity contribution >= 4 is 10.9 Å². The standard InChI is InChI=1S/C19H16O2S/c1-21-18-14-15(20)12-13-19(18)22(16-8-4-2-5-9-16)17-10-6-3-7-11-17/h2-14H,1H3/p+1. The number of methoxy groups -OCH3 is 1. The summed E-state index contributed by atoms with van der Waals surface area (Å²) in [4.78, 5) is 3.51. The molecule has 0 atom stereocenters. The van der Waals surface area contributed by atoms with Crippen LogP contribution in [0.25, 0.3) is 0 Å². The topological polar surface area (TPSA) is 29.5 Å². The maximum atomic E-state index is 9.71. The quantitative estimate of drug-likeness (QED) is 0.719. The van der Waals surface area contributed by atoms with E-state index in [4.69, 9.17) is 4.74 Å². The highest BCUT2D eigenvalue weighted by Crippen LogP contribution is 2.37. The first-order chi connectivity index (χ1) is 10.8. The lowest BCUT2D eigenvalue weighted by Crippen LogP contribution is -2.06. The predicted octanol–water partition coefficient (Wildman–Crippen LogP) is 4.50. The third kappa shape index (κ3) is 2.95. The fourth-order valence-electron chi connectivity index (χ4n) is 2.33. The second kappa shape index (κ2) is 6.58. The highest BCUT2D eigenvalue weighted by atomic mass is 32.2. The van der Waals surface area contributed by atoms with Crippen molar-refractivity contribution in [1.82, 2.24) is 0 Å². The number of rotatable bonds is 4. The van der Waals surface area contributed by atoms with Gasteiger partial charge in [0.2, 0.25) is 4.90 Å².